The predicted molar refractivity (Wildman–Crippen MR) is 81.2 cm³/mol. The first-order chi connectivity index (χ1) is 9.52. The van der Waals surface area contributed by atoms with Crippen molar-refractivity contribution >= 4 is 27.5 Å². The molecule has 1 aromatic heterocycles. The second-order valence-corrected chi connectivity index (χ2v) is 5.08. The molecule has 0 unspecified atom stereocenters. The number of anilines is 1. The Balaban J connectivity index is 2.15. The number of nitrogens with one attached hydrogen (secondary N) is 1. The molecule has 0 spiro atoms. The molecule has 1 amide bonds. The van der Waals surface area contributed by atoms with Crippen molar-refractivity contribution in [2.45, 2.75) is 13.8 Å². The molecule has 1 heterocycles. The van der Waals surface area contributed by atoms with E-state index in [-0.39, 0.29) is 5.91 Å². The number of amides is 1. The number of carbonyl (C=O) groups excluding carboxylic acids is 1. The Bertz CT molecular complexity index is 620. The van der Waals surface area contributed by atoms with E-state index in [1.807, 2.05) is 26.0 Å². The van der Waals surface area contributed by atoms with Gasteiger partial charge in [0, 0.05) is 12.7 Å². The smallest absolute Gasteiger partial charge is 0.275 e. The number of benzene rings is 1. The van der Waals surface area contributed by atoms with E-state index in [9.17, 15) is 4.79 Å². The van der Waals surface area contributed by atoms with Gasteiger partial charge in [-0.1, -0.05) is 0 Å². The first-order valence-electron chi connectivity index (χ1n) is 6.26. The van der Waals surface area contributed by atoms with Crippen LogP contribution in [0.1, 0.15) is 23.1 Å². The van der Waals surface area contributed by atoms with Gasteiger partial charge in [0.25, 0.3) is 5.91 Å². The Kier molecular flexibility index (Phi) is 4.44. The quantitative estimate of drug-likeness (QED) is 0.932. The number of carbonyl (C=O) groups is 1. The molecule has 2 rings (SSSR count). The molecule has 0 fully saturated rings. The van der Waals surface area contributed by atoms with E-state index in [4.69, 9.17) is 4.74 Å². The lowest BCUT2D eigenvalue weighted by Gasteiger charge is -2.07. The molecule has 0 aliphatic carbocycles. The van der Waals surface area contributed by atoms with Crippen molar-refractivity contribution in [2.24, 2.45) is 7.05 Å². The van der Waals surface area contributed by atoms with Crippen LogP contribution < -0.4 is 10.1 Å². The van der Waals surface area contributed by atoms with Gasteiger partial charge in [0.05, 0.1) is 16.8 Å². The molecule has 0 radical (unpaired) electrons. The third-order valence-corrected chi connectivity index (χ3v) is 3.74. The summed E-state index contributed by atoms with van der Waals surface area (Å²) in [6.45, 7) is 4.39. The van der Waals surface area contributed by atoms with Gasteiger partial charge in [-0.2, -0.15) is 5.10 Å². The normalized spacial score (nSPS) is 10.4. The van der Waals surface area contributed by atoms with Crippen LogP contribution in [0.3, 0.4) is 0 Å². The largest absolute Gasteiger partial charge is 0.494 e. The Hall–Kier alpha value is -1.82. The van der Waals surface area contributed by atoms with Crippen LogP contribution in [0, 0.1) is 6.92 Å². The maximum Gasteiger partial charge on any atom is 0.275 e. The van der Waals surface area contributed by atoms with E-state index in [0.29, 0.717) is 22.5 Å². The Morgan fingerprint density at radius 2 is 2.05 bits per heavy atom. The van der Waals surface area contributed by atoms with Gasteiger partial charge >= 0.3 is 0 Å². The number of rotatable bonds is 4. The lowest BCUT2D eigenvalue weighted by Crippen LogP contribution is -2.16. The molecule has 1 N–H and O–H groups in total. The average molecular weight is 338 g/mol. The summed E-state index contributed by atoms with van der Waals surface area (Å²) in [5.41, 5.74) is 1.99. The molecule has 0 aliphatic heterocycles. The predicted octanol–water partition coefficient (Wildman–Crippen LogP) is 3.14. The molecule has 106 valence electrons. The molecular weight excluding hydrogens is 322 g/mol. The number of hydrogen-bond donors (Lipinski definition) is 1. The SMILES string of the molecule is CCOc1ccc(NC(=O)c2c(Br)c(C)nn2C)cc1. The van der Waals surface area contributed by atoms with Crippen LogP contribution in [-0.4, -0.2) is 22.3 Å². The number of aryl methyl sites for hydroxylation is 2. The van der Waals surface area contributed by atoms with Crippen molar-refractivity contribution in [3.05, 3.63) is 40.1 Å². The third-order valence-electron chi connectivity index (χ3n) is 2.79. The van der Waals surface area contributed by atoms with Crippen LogP contribution in [0.25, 0.3) is 0 Å². The zero-order valence-corrected chi connectivity index (χ0v) is 13.2. The van der Waals surface area contributed by atoms with Gasteiger partial charge in [0.1, 0.15) is 11.4 Å². The molecule has 0 atom stereocenters. The fourth-order valence-electron chi connectivity index (χ4n) is 1.87. The fraction of sp³-hybridized carbons (Fsp3) is 0.286. The van der Waals surface area contributed by atoms with Gasteiger partial charge < -0.3 is 10.1 Å². The van der Waals surface area contributed by atoms with Crippen LogP contribution in [0.2, 0.25) is 0 Å². The number of hydrogen-bond acceptors (Lipinski definition) is 3. The molecule has 5 nitrogen and oxygen atoms in total. The lowest BCUT2D eigenvalue weighted by molar-refractivity contribution is 0.101. The van der Waals surface area contributed by atoms with Crippen LogP contribution in [0.4, 0.5) is 5.69 Å². The zero-order chi connectivity index (χ0) is 14.7. The molecule has 6 heteroatoms. The monoisotopic (exact) mass is 337 g/mol. The van der Waals surface area contributed by atoms with Crippen LogP contribution in [0.15, 0.2) is 28.7 Å². The molecule has 0 aliphatic rings. The topological polar surface area (TPSA) is 56.1 Å². The van der Waals surface area contributed by atoms with Gasteiger partial charge in [-0.3, -0.25) is 9.48 Å². The maximum atomic E-state index is 12.2. The Morgan fingerprint density at radius 1 is 1.40 bits per heavy atom. The van der Waals surface area contributed by atoms with Gasteiger partial charge in [-0.15, -0.1) is 0 Å². The summed E-state index contributed by atoms with van der Waals surface area (Å²) in [6, 6.07) is 7.26. The summed E-state index contributed by atoms with van der Waals surface area (Å²) in [5, 5.41) is 7.04. The molecule has 0 bridgehead atoms. The third kappa shape index (κ3) is 3.01. The summed E-state index contributed by atoms with van der Waals surface area (Å²) >= 11 is 3.38. The van der Waals surface area contributed by atoms with Crippen molar-refractivity contribution in [2.75, 3.05) is 11.9 Å². The molecule has 0 saturated carbocycles. The average Bonchev–Trinajstić information content (AvgIpc) is 2.66. The highest BCUT2D eigenvalue weighted by molar-refractivity contribution is 9.10. The van der Waals surface area contributed by atoms with E-state index >= 15 is 0 Å². The van der Waals surface area contributed by atoms with Crippen molar-refractivity contribution in [3.63, 3.8) is 0 Å². The van der Waals surface area contributed by atoms with E-state index in [1.165, 1.54) is 0 Å². The first-order valence-corrected chi connectivity index (χ1v) is 7.05. The summed E-state index contributed by atoms with van der Waals surface area (Å²) in [6.07, 6.45) is 0. The van der Waals surface area contributed by atoms with E-state index in [0.717, 1.165) is 11.4 Å². The van der Waals surface area contributed by atoms with E-state index in [1.54, 1.807) is 23.9 Å². The number of aromatic nitrogens is 2. The second kappa shape index (κ2) is 6.09. The fourth-order valence-corrected chi connectivity index (χ4v) is 2.39. The number of ether oxygens (including phenoxy) is 1. The molecule has 0 saturated heterocycles. The summed E-state index contributed by atoms with van der Waals surface area (Å²) in [4.78, 5) is 12.2. The second-order valence-electron chi connectivity index (χ2n) is 4.28. The summed E-state index contributed by atoms with van der Waals surface area (Å²) < 4.78 is 7.63. The van der Waals surface area contributed by atoms with Crippen molar-refractivity contribution in [1.29, 1.82) is 0 Å². The maximum absolute atomic E-state index is 12.2. The summed E-state index contributed by atoms with van der Waals surface area (Å²) in [7, 11) is 1.74. The molecular formula is C14H16BrN3O2. The highest BCUT2D eigenvalue weighted by atomic mass is 79.9. The molecule has 1 aromatic carbocycles. The number of halogens is 1. The summed E-state index contributed by atoms with van der Waals surface area (Å²) in [5.74, 6) is 0.576. The van der Waals surface area contributed by atoms with Crippen LogP contribution in [-0.2, 0) is 7.05 Å². The van der Waals surface area contributed by atoms with Gasteiger partial charge in [-0.05, 0) is 54.0 Å². The van der Waals surface area contributed by atoms with Crippen molar-refractivity contribution in [1.82, 2.24) is 9.78 Å². The zero-order valence-electron chi connectivity index (χ0n) is 11.6. The van der Waals surface area contributed by atoms with Crippen LogP contribution in [0.5, 0.6) is 5.75 Å². The first kappa shape index (κ1) is 14.6. The standard InChI is InChI=1S/C14H16BrN3O2/c1-4-20-11-7-5-10(6-8-11)16-14(19)13-12(15)9(2)17-18(13)3/h5-8H,4H2,1-3H3,(H,16,19). The minimum absolute atomic E-state index is 0.205. The Morgan fingerprint density at radius 3 is 2.55 bits per heavy atom. The highest BCUT2D eigenvalue weighted by Crippen LogP contribution is 2.22. The van der Waals surface area contributed by atoms with E-state index < -0.39 is 0 Å². The minimum Gasteiger partial charge on any atom is -0.494 e. The van der Waals surface area contributed by atoms with Gasteiger partial charge in [0.15, 0.2) is 0 Å². The highest BCUT2D eigenvalue weighted by Gasteiger charge is 2.18. The lowest BCUT2D eigenvalue weighted by atomic mass is 10.3. The number of nitrogens with zero attached hydrogens (tertiary/aromatic N) is 2. The van der Waals surface area contributed by atoms with Crippen molar-refractivity contribution in [3.8, 4) is 5.75 Å². The van der Waals surface area contributed by atoms with Gasteiger partial charge in [0.2, 0.25) is 0 Å². The van der Waals surface area contributed by atoms with Gasteiger partial charge in [-0.25, -0.2) is 0 Å². The minimum atomic E-state index is -0.205. The van der Waals surface area contributed by atoms with Crippen LogP contribution >= 0.6 is 15.9 Å². The molecule has 2 aromatic rings. The Labute approximate surface area is 126 Å². The molecule has 20 heavy (non-hydrogen) atoms. The van der Waals surface area contributed by atoms with E-state index in [2.05, 4.69) is 26.3 Å². The van der Waals surface area contributed by atoms with Crippen molar-refractivity contribution < 1.29 is 9.53 Å².